The van der Waals surface area contributed by atoms with Crippen LogP contribution in [0, 0.1) is 0 Å². The highest BCUT2D eigenvalue weighted by Gasteiger charge is 2.35. The van der Waals surface area contributed by atoms with Gasteiger partial charge in [-0.25, -0.2) is 0 Å². The fourth-order valence-corrected chi connectivity index (χ4v) is 2.72. The first kappa shape index (κ1) is 16.9. The van der Waals surface area contributed by atoms with E-state index in [9.17, 15) is 10.2 Å². The fraction of sp³-hybridized carbons (Fsp3) is 0.300. The SMILES string of the molecule is O[C@@H]1[C@H](OCc2ccccc2)C=C(COCc2ccccc2)[C@@H]1O. The molecule has 24 heavy (non-hydrogen) atoms. The second-order valence-corrected chi connectivity index (χ2v) is 5.92. The maximum Gasteiger partial charge on any atom is 0.114 e. The molecule has 126 valence electrons. The summed E-state index contributed by atoms with van der Waals surface area (Å²) in [7, 11) is 0. The molecule has 0 heterocycles. The third-order valence-corrected chi connectivity index (χ3v) is 4.08. The molecule has 4 heteroatoms. The van der Waals surface area contributed by atoms with Crippen LogP contribution in [-0.2, 0) is 22.7 Å². The number of rotatable bonds is 7. The number of benzene rings is 2. The van der Waals surface area contributed by atoms with Crippen LogP contribution in [0.15, 0.2) is 72.3 Å². The van der Waals surface area contributed by atoms with E-state index in [-0.39, 0.29) is 6.61 Å². The molecule has 3 atom stereocenters. The molecule has 0 aliphatic heterocycles. The smallest absolute Gasteiger partial charge is 0.114 e. The minimum Gasteiger partial charge on any atom is -0.387 e. The Labute approximate surface area is 142 Å². The van der Waals surface area contributed by atoms with Crippen LogP contribution in [0.5, 0.6) is 0 Å². The van der Waals surface area contributed by atoms with Gasteiger partial charge in [0.25, 0.3) is 0 Å². The molecule has 1 aliphatic carbocycles. The molecule has 0 spiro atoms. The van der Waals surface area contributed by atoms with Crippen molar-refractivity contribution in [2.45, 2.75) is 31.5 Å². The lowest BCUT2D eigenvalue weighted by atomic mass is 10.1. The molecule has 0 fully saturated rings. The molecule has 0 unspecified atom stereocenters. The van der Waals surface area contributed by atoms with Crippen LogP contribution in [-0.4, -0.2) is 35.1 Å². The number of aliphatic hydroxyl groups is 2. The molecular formula is C20H22O4. The van der Waals surface area contributed by atoms with E-state index in [1.54, 1.807) is 6.08 Å². The van der Waals surface area contributed by atoms with Crippen LogP contribution in [0.4, 0.5) is 0 Å². The van der Waals surface area contributed by atoms with Crippen LogP contribution in [0.25, 0.3) is 0 Å². The van der Waals surface area contributed by atoms with Crippen LogP contribution in [0.2, 0.25) is 0 Å². The third-order valence-electron chi connectivity index (χ3n) is 4.08. The van der Waals surface area contributed by atoms with E-state index in [0.717, 1.165) is 11.1 Å². The Balaban J connectivity index is 1.51. The third kappa shape index (κ3) is 4.30. The molecule has 0 saturated heterocycles. The fourth-order valence-electron chi connectivity index (χ4n) is 2.72. The lowest BCUT2D eigenvalue weighted by Gasteiger charge is -2.18. The Hall–Kier alpha value is -1.98. The molecule has 4 nitrogen and oxygen atoms in total. The van der Waals surface area contributed by atoms with Crippen LogP contribution in [0.1, 0.15) is 11.1 Å². The van der Waals surface area contributed by atoms with Gasteiger partial charge in [-0.1, -0.05) is 60.7 Å². The summed E-state index contributed by atoms with van der Waals surface area (Å²) in [4.78, 5) is 0. The molecule has 0 aromatic heterocycles. The normalized spacial score (nSPS) is 23.2. The summed E-state index contributed by atoms with van der Waals surface area (Å²) in [6.07, 6.45) is -0.649. The van der Waals surface area contributed by atoms with Gasteiger partial charge in [0.2, 0.25) is 0 Å². The summed E-state index contributed by atoms with van der Waals surface area (Å²) in [6, 6.07) is 19.6. The molecule has 3 rings (SSSR count). The van der Waals surface area contributed by atoms with Gasteiger partial charge in [0.15, 0.2) is 0 Å². The molecule has 0 saturated carbocycles. The van der Waals surface area contributed by atoms with Crippen molar-refractivity contribution in [1.82, 2.24) is 0 Å². The zero-order chi connectivity index (χ0) is 16.8. The predicted molar refractivity (Wildman–Crippen MR) is 91.2 cm³/mol. The first-order valence-corrected chi connectivity index (χ1v) is 8.08. The minimum atomic E-state index is -0.955. The van der Waals surface area contributed by atoms with E-state index in [2.05, 4.69) is 0 Å². The molecule has 1 aliphatic rings. The highest BCUT2D eigenvalue weighted by Crippen LogP contribution is 2.24. The van der Waals surface area contributed by atoms with Gasteiger partial charge in [-0.2, -0.15) is 0 Å². The molecule has 2 aromatic rings. The monoisotopic (exact) mass is 326 g/mol. The number of hydrogen-bond acceptors (Lipinski definition) is 4. The van der Waals surface area contributed by atoms with Crippen molar-refractivity contribution in [3.8, 4) is 0 Å². The summed E-state index contributed by atoms with van der Waals surface area (Å²) in [5, 5.41) is 20.3. The van der Waals surface area contributed by atoms with Gasteiger partial charge >= 0.3 is 0 Å². The van der Waals surface area contributed by atoms with Gasteiger partial charge in [-0.15, -0.1) is 0 Å². The molecule has 0 bridgehead atoms. The average molecular weight is 326 g/mol. The van der Waals surface area contributed by atoms with E-state index in [0.29, 0.717) is 18.8 Å². The van der Waals surface area contributed by atoms with Crippen molar-refractivity contribution in [2.75, 3.05) is 6.61 Å². The largest absolute Gasteiger partial charge is 0.387 e. The quantitative estimate of drug-likeness (QED) is 0.768. The van der Waals surface area contributed by atoms with Gasteiger partial charge in [0, 0.05) is 0 Å². The molecular weight excluding hydrogens is 304 g/mol. The van der Waals surface area contributed by atoms with E-state index >= 15 is 0 Å². The summed E-state index contributed by atoms with van der Waals surface area (Å²) >= 11 is 0. The van der Waals surface area contributed by atoms with Crippen molar-refractivity contribution in [3.05, 3.63) is 83.4 Å². The average Bonchev–Trinajstić information content (AvgIpc) is 2.90. The van der Waals surface area contributed by atoms with Crippen LogP contribution in [0.3, 0.4) is 0 Å². The summed E-state index contributed by atoms with van der Waals surface area (Å²) in [6.45, 7) is 1.14. The maximum absolute atomic E-state index is 10.1. The zero-order valence-corrected chi connectivity index (χ0v) is 13.4. The van der Waals surface area contributed by atoms with Crippen molar-refractivity contribution >= 4 is 0 Å². The lowest BCUT2D eigenvalue weighted by Crippen LogP contribution is -2.33. The Kier molecular flexibility index (Phi) is 5.77. The Bertz CT molecular complexity index is 654. The zero-order valence-electron chi connectivity index (χ0n) is 13.4. The predicted octanol–water partition coefficient (Wildman–Crippen LogP) is 2.45. The highest BCUT2D eigenvalue weighted by molar-refractivity contribution is 5.23. The highest BCUT2D eigenvalue weighted by atomic mass is 16.5. The first-order chi connectivity index (χ1) is 11.7. The van der Waals surface area contributed by atoms with E-state index < -0.39 is 18.3 Å². The Morgan fingerprint density at radius 1 is 0.750 bits per heavy atom. The standard InChI is InChI=1S/C20H22O4/c21-19-17(14-23-12-15-7-3-1-4-8-15)11-18(20(19)22)24-13-16-9-5-2-6-10-16/h1-11,18-22H,12-14H2/t18-,19+,20-/m1/s1. The van der Waals surface area contributed by atoms with Crippen molar-refractivity contribution in [3.63, 3.8) is 0 Å². The van der Waals surface area contributed by atoms with Gasteiger partial charge in [0.1, 0.15) is 18.3 Å². The second-order valence-electron chi connectivity index (χ2n) is 5.92. The molecule has 0 radical (unpaired) electrons. The Morgan fingerprint density at radius 3 is 1.96 bits per heavy atom. The maximum atomic E-state index is 10.1. The molecule has 0 amide bonds. The van der Waals surface area contributed by atoms with Crippen LogP contribution >= 0.6 is 0 Å². The van der Waals surface area contributed by atoms with Crippen molar-refractivity contribution in [2.24, 2.45) is 0 Å². The van der Waals surface area contributed by atoms with Gasteiger partial charge in [0.05, 0.1) is 19.8 Å². The molecule has 2 aromatic carbocycles. The minimum absolute atomic E-state index is 0.276. The van der Waals surface area contributed by atoms with Crippen LogP contribution < -0.4 is 0 Å². The first-order valence-electron chi connectivity index (χ1n) is 8.08. The number of aliphatic hydroxyl groups excluding tert-OH is 2. The van der Waals surface area contributed by atoms with E-state index in [4.69, 9.17) is 9.47 Å². The second kappa shape index (κ2) is 8.22. The number of ether oxygens (including phenoxy) is 2. The van der Waals surface area contributed by atoms with Gasteiger partial charge in [-0.3, -0.25) is 0 Å². The summed E-state index contributed by atoms with van der Waals surface area (Å²) < 4.78 is 11.4. The summed E-state index contributed by atoms with van der Waals surface area (Å²) in [5.41, 5.74) is 2.76. The van der Waals surface area contributed by atoms with Crippen molar-refractivity contribution < 1.29 is 19.7 Å². The molecule has 2 N–H and O–H groups in total. The van der Waals surface area contributed by atoms with Gasteiger partial charge < -0.3 is 19.7 Å². The van der Waals surface area contributed by atoms with Crippen molar-refractivity contribution in [1.29, 1.82) is 0 Å². The lowest BCUT2D eigenvalue weighted by molar-refractivity contribution is -0.0527. The van der Waals surface area contributed by atoms with Gasteiger partial charge in [-0.05, 0) is 22.8 Å². The van der Waals surface area contributed by atoms with E-state index in [1.165, 1.54) is 0 Å². The summed E-state index contributed by atoms with van der Waals surface area (Å²) in [5.74, 6) is 0. The van der Waals surface area contributed by atoms with E-state index in [1.807, 2.05) is 60.7 Å². The number of hydrogen-bond donors (Lipinski definition) is 2. The Morgan fingerprint density at radius 2 is 1.33 bits per heavy atom. The topological polar surface area (TPSA) is 58.9 Å².